The average Bonchev–Trinajstić information content (AvgIpc) is 2.46. The summed E-state index contributed by atoms with van der Waals surface area (Å²) in [5.74, 6) is -0.732. The Morgan fingerprint density at radius 3 is 2.62 bits per heavy atom. The quantitative estimate of drug-likeness (QED) is 0.900. The summed E-state index contributed by atoms with van der Waals surface area (Å²) in [5, 5.41) is 9.22. The molecule has 0 bridgehead atoms. The van der Waals surface area contributed by atoms with Gasteiger partial charge in [-0.2, -0.15) is 4.31 Å². The number of nitrogens with zero attached hydrogens (tertiary/aromatic N) is 1. The van der Waals surface area contributed by atoms with E-state index >= 15 is 0 Å². The van der Waals surface area contributed by atoms with Crippen LogP contribution in [0.4, 0.5) is 0 Å². The Morgan fingerprint density at radius 1 is 1.33 bits per heavy atom. The van der Waals surface area contributed by atoms with Gasteiger partial charge in [-0.15, -0.1) is 0 Å². The third-order valence-corrected chi connectivity index (χ3v) is 5.83. The van der Waals surface area contributed by atoms with Crippen molar-refractivity contribution in [3.8, 4) is 0 Å². The molecule has 0 amide bonds. The van der Waals surface area contributed by atoms with Crippen molar-refractivity contribution < 1.29 is 18.3 Å². The highest BCUT2D eigenvalue weighted by Gasteiger charge is 2.30. The second-order valence-corrected chi connectivity index (χ2v) is 7.63. The molecule has 0 radical (unpaired) electrons. The van der Waals surface area contributed by atoms with Crippen molar-refractivity contribution in [3.63, 3.8) is 0 Å². The van der Waals surface area contributed by atoms with Gasteiger partial charge in [-0.05, 0) is 49.4 Å². The maximum atomic E-state index is 12.5. The SMILES string of the molecule is O=C(O)CCC1CCCN(S(=O)(=O)c2ccc(Cl)cc2)C1. The molecule has 1 fully saturated rings. The van der Waals surface area contributed by atoms with Crippen LogP contribution in [-0.2, 0) is 14.8 Å². The number of hydrogen-bond donors (Lipinski definition) is 1. The van der Waals surface area contributed by atoms with Crippen molar-refractivity contribution in [1.29, 1.82) is 0 Å². The highest BCUT2D eigenvalue weighted by Crippen LogP contribution is 2.26. The van der Waals surface area contributed by atoms with Gasteiger partial charge in [0.2, 0.25) is 10.0 Å². The largest absolute Gasteiger partial charge is 0.481 e. The zero-order valence-corrected chi connectivity index (χ0v) is 13.1. The van der Waals surface area contributed by atoms with Crippen molar-refractivity contribution >= 4 is 27.6 Å². The van der Waals surface area contributed by atoms with Gasteiger partial charge in [0.15, 0.2) is 0 Å². The monoisotopic (exact) mass is 331 g/mol. The van der Waals surface area contributed by atoms with E-state index in [1.165, 1.54) is 16.4 Å². The molecule has 0 aromatic heterocycles. The van der Waals surface area contributed by atoms with E-state index < -0.39 is 16.0 Å². The van der Waals surface area contributed by atoms with Gasteiger partial charge in [0, 0.05) is 24.5 Å². The number of sulfonamides is 1. The summed E-state index contributed by atoms with van der Waals surface area (Å²) in [7, 11) is -3.52. The summed E-state index contributed by atoms with van der Waals surface area (Å²) < 4.78 is 26.5. The number of aliphatic carboxylic acids is 1. The molecule has 1 aromatic rings. The number of piperidine rings is 1. The van der Waals surface area contributed by atoms with Crippen LogP contribution in [-0.4, -0.2) is 36.9 Å². The van der Waals surface area contributed by atoms with E-state index in [1.54, 1.807) is 12.1 Å². The Hall–Kier alpha value is -1.11. The van der Waals surface area contributed by atoms with Gasteiger partial charge in [-0.3, -0.25) is 4.79 Å². The number of hydrogen-bond acceptors (Lipinski definition) is 3. The molecule has 7 heteroatoms. The van der Waals surface area contributed by atoms with Crippen LogP contribution in [0.25, 0.3) is 0 Å². The van der Waals surface area contributed by atoms with Crippen LogP contribution in [0.1, 0.15) is 25.7 Å². The van der Waals surface area contributed by atoms with Crippen molar-refractivity contribution in [3.05, 3.63) is 29.3 Å². The summed E-state index contributed by atoms with van der Waals surface area (Å²) in [6, 6.07) is 6.11. The van der Waals surface area contributed by atoms with Crippen LogP contribution in [0.15, 0.2) is 29.2 Å². The fourth-order valence-corrected chi connectivity index (χ4v) is 4.24. The minimum atomic E-state index is -3.52. The highest BCUT2D eigenvalue weighted by atomic mass is 35.5. The average molecular weight is 332 g/mol. The first-order valence-corrected chi connectivity index (χ1v) is 8.69. The minimum absolute atomic E-state index is 0.0828. The van der Waals surface area contributed by atoms with E-state index in [0.717, 1.165) is 12.8 Å². The Kier molecular flexibility index (Phi) is 5.24. The lowest BCUT2D eigenvalue weighted by Gasteiger charge is -2.31. The maximum Gasteiger partial charge on any atom is 0.303 e. The van der Waals surface area contributed by atoms with E-state index in [1.807, 2.05) is 0 Å². The summed E-state index contributed by atoms with van der Waals surface area (Å²) in [6.45, 7) is 0.868. The Morgan fingerprint density at radius 2 is 2.00 bits per heavy atom. The number of rotatable bonds is 5. The van der Waals surface area contributed by atoms with Crippen LogP contribution in [0.2, 0.25) is 5.02 Å². The van der Waals surface area contributed by atoms with E-state index in [4.69, 9.17) is 16.7 Å². The first-order valence-electron chi connectivity index (χ1n) is 6.87. The molecule has 1 saturated heterocycles. The normalized spacial score (nSPS) is 20.3. The summed E-state index contributed by atoms with van der Waals surface area (Å²) in [4.78, 5) is 10.9. The number of benzene rings is 1. The molecule has 1 aliphatic rings. The van der Waals surface area contributed by atoms with Gasteiger partial charge in [-0.1, -0.05) is 11.6 Å². The molecule has 5 nitrogen and oxygen atoms in total. The molecule has 0 saturated carbocycles. The fraction of sp³-hybridized carbons (Fsp3) is 0.500. The number of halogens is 1. The smallest absolute Gasteiger partial charge is 0.303 e. The summed E-state index contributed by atoms with van der Waals surface area (Å²) >= 11 is 5.78. The Labute approximate surface area is 129 Å². The molecule has 0 aliphatic carbocycles. The molecule has 0 spiro atoms. The third-order valence-electron chi connectivity index (χ3n) is 3.70. The second kappa shape index (κ2) is 6.77. The molecule has 1 unspecified atom stereocenters. The van der Waals surface area contributed by atoms with Gasteiger partial charge in [-0.25, -0.2) is 8.42 Å². The molecule has 1 N–H and O–H groups in total. The topological polar surface area (TPSA) is 74.7 Å². The first kappa shape index (κ1) is 16.3. The van der Waals surface area contributed by atoms with Crippen LogP contribution in [0, 0.1) is 5.92 Å². The minimum Gasteiger partial charge on any atom is -0.481 e. The zero-order valence-electron chi connectivity index (χ0n) is 11.5. The van der Waals surface area contributed by atoms with E-state index in [-0.39, 0.29) is 17.2 Å². The number of carboxylic acid groups (broad SMARTS) is 1. The number of carbonyl (C=O) groups is 1. The van der Waals surface area contributed by atoms with Crippen LogP contribution < -0.4 is 0 Å². The van der Waals surface area contributed by atoms with E-state index in [2.05, 4.69) is 0 Å². The van der Waals surface area contributed by atoms with Crippen LogP contribution >= 0.6 is 11.6 Å². The Bertz CT molecular complexity index is 600. The van der Waals surface area contributed by atoms with E-state index in [9.17, 15) is 13.2 Å². The lowest BCUT2D eigenvalue weighted by Crippen LogP contribution is -2.40. The van der Waals surface area contributed by atoms with Crippen molar-refractivity contribution in [2.45, 2.75) is 30.6 Å². The maximum absolute atomic E-state index is 12.5. The van der Waals surface area contributed by atoms with Crippen LogP contribution in [0.3, 0.4) is 0 Å². The molecule has 1 aliphatic heterocycles. The lowest BCUT2D eigenvalue weighted by atomic mass is 9.95. The predicted octanol–water partition coefficient (Wildman–Crippen LogP) is 2.61. The van der Waals surface area contributed by atoms with Gasteiger partial charge in [0.05, 0.1) is 4.90 Å². The second-order valence-electron chi connectivity index (χ2n) is 5.26. The van der Waals surface area contributed by atoms with E-state index in [0.29, 0.717) is 24.5 Å². The molecule has 116 valence electrons. The molecule has 1 heterocycles. The lowest BCUT2D eigenvalue weighted by molar-refractivity contribution is -0.137. The molecule has 21 heavy (non-hydrogen) atoms. The Balaban J connectivity index is 2.09. The summed E-state index contributed by atoms with van der Waals surface area (Å²) in [6.07, 6.45) is 2.23. The van der Waals surface area contributed by atoms with Gasteiger partial charge in [0.1, 0.15) is 0 Å². The van der Waals surface area contributed by atoms with Gasteiger partial charge < -0.3 is 5.11 Å². The third kappa shape index (κ3) is 4.18. The first-order chi connectivity index (χ1) is 9.89. The van der Waals surface area contributed by atoms with Gasteiger partial charge in [0.25, 0.3) is 0 Å². The number of carboxylic acids is 1. The summed E-state index contributed by atoms with van der Waals surface area (Å²) in [5.41, 5.74) is 0. The van der Waals surface area contributed by atoms with Crippen molar-refractivity contribution in [2.75, 3.05) is 13.1 Å². The highest BCUT2D eigenvalue weighted by molar-refractivity contribution is 7.89. The molecule has 1 aromatic carbocycles. The van der Waals surface area contributed by atoms with Gasteiger partial charge >= 0.3 is 5.97 Å². The fourth-order valence-electron chi connectivity index (χ4n) is 2.56. The zero-order chi connectivity index (χ0) is 15.5. The molecule has 2 rings (SSSR count). The van der Waals surface area contributed by atoms with Crippen LogP contribution in [0.5, 0.6) is 0 Å². The molecular formula is C14H18ClNO4S. The van der Waals surface area contributed by atoms with Crippen molar-refractivity contribution in [1.82, 2.24) is 4.31 Å². The van der Waals surface area contributed by atoms with Crippen molar-refractivity contribution in [2.24, 2.45) is 5.92 Å². The standard InChI is InChI=1S/C14H18ClNO4S/c15-12-4-6-13(7-5-12)21(19,20)16-9-1-2-11(10-16)3-8-14(17)18/h4-7,11H,1-3,8-10H2,(H,17,18). The molecule has 1 atom stereocenters. The molecular weight excluding hydrogens is 314 g/mol. The predicted molar refractivity (Wildman–Crippen MR) is 79.8 cm³/mol.